The van der Waals surface area contributed by atoms with Gasteiger partial charge in [0.25, 0.3) is 0 Å². The second-order valence-electron chi connectivity index (χ2n) is 2.63. The maximum absolute atomic E-state index is 5.24. The molecule has 0 unspecified atom stereocenters. The van der Waals surface area contributed by atoms with E-state index in [4.69, 9.17) is 4.74 Å². The summed E-state index contributed by atoms with van der Waals surface area (Å²) in [5.41, 5.74) is 1.13. The van der Waals surface area contributed by atoms with E-state index in [9.17, 15) is 0 Å². The van der Waals surface area contributed by atoms with E-state index < -0.39 is 0 Å². The summed E-state index contributed by atoms with van der Waals surface area (Å²) in [7, 11) is 0. The van der Waals surface area contributed by atoms with Crippen molar-refractivity contribution < 1.29 is 4.74 Å². The van der Waals surface area contributed by atoms with Crippen molar-refractivity contribution in [2.24, 2.45) is 0 Å². The maximum atomic E-state index is 5.24. The molecule has 0 amide bonds. The Morgan fingerprint density at radius 2 is 1.92 bits per heavy atom. The van der Waals surface area contributed by atoms with Crippen molar-refractivity contribution in [2.75, 3.05) is 26.3 Å². The molecule has 0 aromatic rings. The predicted molar refractivity (Wildman–Crippen MR) is 50.9 cm³/mol. The summed E-state index contributed by atoms with van der Waals surface area (Å²) >= 11 is 0. The smallest absolute Gasteiger partial charge is 0.0642 e. The molecule has 0 spiro atoms. The lowest BCUT2D eigenvalue weighted by Gasteiger charge is -2.29. The molecule has 12 heavy (non-hydrogen) atoms. The minimum absolute atomic E-state index is 0.808. The Morgan fingerprint density at radius 1 is 1.25 bits per heavy atom. The first kappa shape index (κ1) is 9.07. The van der Waals surface area contributed by atoms with Crippen molar-refractivity contribution in [2.45, 2.75) is 0 Å². The predicted octanol–water partition coefficient (Wildman–Crippen LogP) is 1.57. The molecule has 0 N–H and O–H groups in total. The van der Waals surface area contributed by atoms with E-state index in [1.165, 1.54) is 0 Å². The molecule has 1 aliphatic heterocycles. The number of ether oxygens (including phenoxy) is 1. The summed E-state index contributed by atoms with van der Waals surface area (Å²) in [5.74, 6) is 0. The third-order valence-electron chi connectivity index (χ3n) is 1.87. The van der Waals surface area contributed by atoms with Gasteiger partial charge in [-0.2, -0.15) is 0 Å². The molecule has 0 bridgehead atoms. The normalized spacial score (nSPS) is 19.0. The van der Waals surface area contributed by atoms with Crippen LogP contribution in [0.2, 0.25) is 0 Å². The van der Waals surface area contributed by atoms with Gasteiger partial charge in [0.1, 0.15) is 0 Å². The van der Waals surface area contributed by atoms with Crippen molar-refractivity contribution in [3.05, 3.63) is 37.1 Å². The molecule has 0 atom stereocenters. The standard InChI is InChI=1S/C10H15NO/c1-3-5-10(4-2)11-6-8-12-9-7-11/h3-5H,1-2,6-9H2/b10-5+. The topological polar surface area (TPSA) is 12.5 Å². The Morgan fingerprint density at radius 3 is 2.42 bits per heavy atom. The van der Waals surface area contributed by atoms with Gasteiger partial charge in [0, 0.05) is 18.8 Å². The zero-order valence-electron chi connectivity index (χ0n) is 7.33. The summed E-state index contributed by atoms with van der Waals surface area (Å²) in [4.78, 5) is 2.25. The molecule has 1 heterocycles. The van der Waals surface area contributed by atoms with Crippen LogP contribution in [0.4, 0.5) is 0 Å². The van der Waals surface area contributed by atoms with Gasteiger partial charge in [0.2, 0.25) is 0 Å². The van der Waals surface area contributed by atoms with Crippen molar-refractivity contribution in [3.8, 4) is 0 Å². The minimum Gasteiger partial charge on any atom is -0.378 e. The monoisotopic (exact) mass is 165 g/mol. The second kappa shape index (κ2) is 4.78. The highest BCUT2D eigenvalue weighted by Gasteiger charge is 2.09. The molecule has 66 valence electrons. The van der Waals surface area contributed by atoms with Crippen LogP contribution in [0.25, 0.3) is 0 Å². The van der Waals surface area contributed by atoms with Crippen LogP contribution in [0.3, 0.4) is 0 Å². The van der Waals surface area contributed by atoms with Crippen molar-refractivity contribution in [1.82, 2.24) is 4.90 Å². The Balaban J connectivity index is 2.57. The number of allylic oxidation sites excluding steroid dienone is 3. The van der Waals surface area contributed by atoms with E-state index in [1.54, 1.807) is 6.08 Å². The first-order valence-electron chi connectivity index (χ1n) is 4.16. The summed E-state index contributed by atoms with van der Waals surface area (Å²) < 4.78 is 5.24. The third kappa shape index (κ3) is 2.24. The van der Waals surface area contributed by atoms with E-state index in [1.807, 2.05) is 12.2 Å². The summed E-state index contributed by atoms with van der Waals surface area (Å²) in [6, 6.07) is 0. The largest absolute Gasteiger partial charge is 0.378 e. The Bertz CT molecular complexity index is 190. The molecule has 0 aliphatic carbocycles. The van der Waals surface area contributed by atoms with Gasteiger partial charge < -0.3 is 9.64 Å². The summed E-state index contributed by atoms with van der Waals surface area (Å²) in [5, 5.41) is 0. The highest BCUT2D eigenvalue weighted by atomic mass is 16.5. The fourth-order valence-corrected chi connectivity index (χ4v) is 1.24. The molecule has 0 saturated carbocycles. The third-order valence-corrected chi connectivity index (χ3v) is 1.87. The average molecular weight is 165 g/mol. The van der Waals surface area contributed by atoms with Crippen LogP contribution in [0.15, 0.2) is 37.1 Å². The van der Waals surface area contributed by atoms with Gasteiger partial charge in [-0.3, -0.25) is 0 Å². The molecule has 1 fully saturated rings. The molecule has 1 rings (SSSR count). The number of morpholine rings is 1. The van der Waals surface area contributed by atoms with Crippen LogP contribution in [-0.4, -0.2) is 31.2 Å². The first-order chi connectivity index (χ1) is 5.88. The average Bonchev–Trinajstić information content (AvgIpc) is 2.15. The van der Waals surface area contributed by atoms with E-state index >= 15 is 0 Å². The van der Waals surface area contributed by atoms with E-state index in [2.05, 4.69) is 18.1 Å². The lowest BCUT2D eigenvalue weighted by Crippen LogP contribution is -2.34. The zero-order valence-corrected chi connectivity index (χ0v) is 7.33. The Hall–Kier alpha value is -1.02. The molecule has 0 aromatic heterocycles. The van der Waals surface area contributed by atoms with Crippen molar-refractivity contribution in [3.63, 3.8) is 0 Å². The van der Waals surface area contributed by atoms with Gasteiger partial charge in [-0.15, -0.1) is 0 Å². The van der Waals surface area contributed by atoms with Crippen LogP contribution in [0.5, 0.6) is 0 Å². The number of hydrogen-bond acceptors (Lipinski definition) is 2. The number of nitrogens with zero attached hydrogens (tertiary/aromatic N) is 1. The van der Waals surface area contributed by atoms with Gasteiger partial charge in [-0.05, 0) is 12.2 Å². The Labute approximate surface area is 73.8 Å². The van der Waals surface area contributed by atoms with Crippen molar-refractivity contribution in [1.29, 1.82) is 0 Å². The highest BCUT2D eigenvalue weighted by molar-refractivity contribution is 5.20. The molecule has 2 heteroatoms. The number of rotatable bonds is 3. The minimum atomic E-state index is 0.808. The van der Waals surface area contributed by atoms with Crippen LogP contribution in [-0.2, 0) is 4.74 Å². The van der Waals surface area contributed by atoms with Crippen LogP contribution < -0.4 is 0 Å². The fourth-order valence-electron chi connectivity index (χ4n) is 1.24. The van der Waals surface area contributed by atoms with E-state index in [-0.39, 0.29) is 0 Å². The molecule has 1 saturated heterocycles. The van der Waals surface area contributed by atoms with Crippen LogP contribution in [0, 0.1) is 0 Å². The summed E-state index contributed by atoms with van der Waals surface area (Å²) in [6.45, 7) is 10.9. The number of hydrogen-bond donors (Lipinski definition) is 0. The Kier molecular flexibility index (Phi) is 3.61. The highest BCUT2D eigenvalue weighted by Crippen LogP contribution is 2.08. The van der Waals surface area contributed by atoms with Crippen LogP contribution in [0.1, 0.15) is 0 Å². The zero-order chi connectivity index (χ0) is 8.81. The summed E-state index contributed by atoms with van der Waals surface area (Å²) in [6.07, 6.45) is 5.61. The van der Waals surface area contributed by atoms with Gasteiger partial charge in [0.05, 0.1) is 13.2 Å². The van der Waals surface area contributed by atoms with Crippen LogP contribution >= 0.6 is 0 Å². The molecular formula is C10H15NO. The first-order valence-corrected chi connectivity index (χ1v) is 4.16. The SMILES string of the molecule is C=C/C=C(\C=C)N1CCOCC1. The van der Waals surface area contributed by atoms with Crippen molar-refractivity contribution >= 4 is 0 Å². The lowest BCUT2D eigenvalue weighted by molar-refractivity contribution is 0.0554. The van der Waals surface area contributed by atoms with Gasteiger partial charge in [0.15, 0.2) is 0 Å². The second-order valence-corrected chi connectivity index (χ2v) is 2.63. The van der Waals surface area contributed by atoms with E-state index in [0.29, 0.717) is 0 Å². The lowest BCUT2D eigenvalue weighted by atomic mass is 10.3. The quantitative estimate of drug-likeness (QED) is 0.589. The maximum Gasteiger partial charge on any atom is 0.0642 e. The molecule has 0 aromatic carbocycles. The fraction of sp³-hybridized carbons (Fsp3) is 0.400. The molecule has 1 aliphatic rings. The van der Waals surface area contributed by atoms with Gasteiger partial charge in [-0.1, -0.05) is 19.2 Å². The van der Waals surface area contributed by atoms with E-state index in [0.717, 1.165) is 32.0 Å². The van der Waals surface area contributed by atoms with Gasteiger partial charge in [-0.25, -0.2) is 0 Å². The molecule has 2 nitrogen and oxygen atoms in total. The molecular weight excluding hydrogens is 150 g/mol. The molecule has 0 radical (unpaired) electrons. The van der Waals surface area contributed by atoms with Gasteiger partial charge >= 0.3 is 0 Å².